The molecule has 1 aromatic heterocycles. The van der Waals surface area contributed by atoms with Gasteiger partial charge in [-0.1, -0.05) is 6.07 Å². The fourth-order valence-corrected chi connectivity index (χ4v) is 1.53. The van der Waals surface area contributed by atoms with E-state index in [9.17, 15) is 10.1 Å². The van der Waals surface area contributed by atoms with Crippen LogP contribution in [0.4, 0.5) is 17.1 Å². The molecule has 0 aliphatic rings. The second-order valence-corrected chi connectivity index (χ2v) is 3.71. The number of hydrogen-bond donors (Lipinski definition) is 2. The highest BCUT2D eigenvalue weighted by atomic mass is 16.6. The number of nitrogen functional groups attached to an aromatic ring is 1. The zero-order chi connectivity index (χ0) is 13.0. The quantitative estimate of drug-likeness (QED) is 0.488. The van der Waals surface area contributed by atoms with Crippen LogP contribution < -0.4 is 11.1 Å². The molecule has 0 saturated heterocycles. The molecule has 2 aromatic rings. The number of aromatic nitrogens is 1. The van der Waals surface area contributed by atoms with Gasteiger partial charge in [-0.05, 0) is 24.3 Å². The van der Waals surface area contributed by atoms with Gasteiger partial charge in [0.1, 0.15) is 5.69 Å². The summed E-state index contributed by atoms with van der Waals surface area (Å²) < 4.78 is 0. The van der Waals surface area contributed by atoms with Crippen LogP contribution in [0.2, 0.25) is 0 Å². The second-order valence-electron chi connectivity index (χ2n) is 3.71. The summed E-state index contributed by atoms with van der Waals surface area (Å²) in [5, 5.41) is 13.7. The molecule has 6 nitrogen and oxygen atoms in total. The first-order valence-electron chi connectivity index (χ1n) is 5.34. The summed E-state index contributed by atoms with van der Waals surface area (Å²) in [5.74, 6) is 0. The Morgan fingerprint density at radius 2 is 2.17 bits per heavy atom. The van der Waals surface area contributed by atoms with Crippen molar-refractivity contribution < 1.29 is 4.92 Å². The number of benzene rings is 1. The van der Waals surface area contributed by atoms with E-state index in [4.69, 9.17) is 5.73 Å². The minimum atomic E-state index is -0.502. The van der Waals surface area contributed by atoms with Crippen molar-refractivity contribution in [3.8, 4) is 0 Å². The average molecular weight is 244 g/mol. The van der Waals surface area contributed by atoms with Crippen LogP contribution in [0.5, 0.6) is 0 Å². The molecule has 0 fully saturated rings. The molecule has 3 N–H and O–H groups in total. The highest BCUT2D eigenvalue weighted by Crippen LogP contribution is 2.24. The van der Waals surface area contributed by atoms with Crippen molar-refractivity contribution in [2.45, 2.75) is 6.54 Å². The molecule has 18 heavy (non-hydrogen) atoms. The van der Waals surface area contributed by atoms with Crippen molar-refractivity contribution in [3.05, 3.63) is 58.4 Å². The van der Waals surface area contributed by atoms with E-state index < -0.39 is 4.92 Å². The standard InChI is InChI=1S/C12H12N4O2/c13-11-7-9(4-5-12(11)16(17)18)15-8-10-3-1-2-6-14-10/h1-7,15H,8,13H2. The van der Waals surface area contributed by atoms with Crippen molar-refractivity contribution >= 4 is 17.1 Å². The van der Waals surface area contributed by atoms with E-state index in [1.165, 1.54) is 6.07 Å². The molecule has 92 valence electrons. The van der Waals surface area contributed by atoms with Gasteiger partial charge in [-0.25, -0.2) is 0 Å². The van der Waals surface area contributed by atoms with Crippen LogP contribution in [0.3, 0.4) is 0 Å². The van der Waals surface area contributed by atoms with E-state index in [2.05, 4.69) is 10.3 Å². The Balaban J connectivity index is 2.07. The first-order chi connectivity index (χ1) is 8.66. The lowest BCUT2D eigenvalue weighted by molar-refractivity contribution is -0.383. The maximum atomic E-state index is 10.6. The molecule has 0 aliphatic carbocycles. The summed E-state index contributed by atoms with van der Waals surface area (Å²) in [5.41, 5.74) is 7.26. The number of pyridine rings is 1. The van der Waals surface area contributed by atoms with E-state index >= 15 is 0 Å². The summed E-state index contributed by atoms with van der Waals surface area (Å²) in [7, 11) is 0. The normalized spacial score (nSPS) is 10.0. The maximum absolute atomic E-state index is 10.6. The molecular formula is C12H12N4O2. The van der Waals surface area contributed by atoms with Gasteiger partial charge in [0.2, 0.25) is 0 Å². The molecule has 0 aliphatic heterocycles. The van der Waals surface area contributed by atoms with Gasteiger partial charge in [0.15, 0.2) is 0 Å². The Bertz CT molecular complexity index is 557. The molecule has 0 radical (unpaired) electrons. The molecule has 0 saturated carbocycles. The molecule has 0 unspecified atom stereocenters. The Labute approximate surface area is 104 Å². The molecule has 0 bridgehead atoms. The largest absolute Gasteiger partial charge is 0.393 e. The zero-order valence-electron chi connectivity index (χ0n) is 9.54. The molecular weight excluding hydrogens is 232 g/mol. The maximum Gasteiger partial charge on any atom is 0.292 e. The highest BCUT2D eigenvalue weighted by Gasteiger charge is 2.10. The van der Waals surface area contributed by atoms with E-state index in [0.29, 0.717) is 6.54 Å². The van der Waals surface area contributed by atoms with Gasteiger partial charge < -0.3 is 11.1 Å². The summed E-state index contributed by atoms with van der Waals surface area (Å²) in [4.78, 5) is 14.3. The van der Waals surface area contributed by atoms with E-state index in [1.807, 2.05) is 18.2 Å². The van der Waals surface area contributed by atoms with Gasteiger partial charge in [0.05, 0.1) is 17.2 Å². The first kappa shape index (κ1) is 11.8. The Morgan fingerprint density at radius 1 is 1.33 bits per heavy atom. The molecule has 1 aromatic carbocycles. The van der Waals surface area contributed by atoms with Gasteiger partial charge in [-0.2, -0.15) is 0 Å². The number of rotatable bonds is 4. The Morgan fingerprint density at radius 3 is 2.78 bits per heavy atom. The third-order valence-corrected chi connectivity index (χ3v) is 2.42. The average Bonchev–Trinajstić information content (AvgIpc) is 2.37. The number of nitrogens with zero attached hydrogens (tertiary/aromatic N) is 2. The van der Waals surface area contributed by atoms with Crippen LogP contribution in [-0.2, 0) is 6.54 Å². The first-order valence-corrected chi connectivity index (χ1v) is 5.34. The lowest BCUT2D eigenvalue weighted by Gasteiger charge is -2.06. The number of nitrogens with two attached hydrogens (primary N) is 1. The smallest absolute Gasteiger partial charge is 0.292 e. The molecule has 0 atom stereocenters. The van der Waals surface area contributed by atoms with Crippen LogP contribution in [-0.4, -0.2) is 9.91 Å². The van der Waals surface area contributed by atoms with Crippen molar-refractivity contribution in [2.24, 2.45) is 0 Å². The zero-order valence-corrected chi connectivity index (χ0v) is 9.54. The van der Waals surface area contributed by atoms with Crippen molar-refractivity contribution in [1.29, 1.82) is 0 Å². The summed E-state index contributed by atoms with van der Waals surface area (Å²) in [6.07, 6.45) is 1.71. The van der Waals surface area contributed by atoms with Crippen LogP contribution in [0.25, 0.3) is 0 Å². The van der Waals surface area contributed by atoms with Gasteiger partial charge >= 0.3 is 0 Å². The van der Waals surface area contributed by atoms with Crippen LogP contribution in [0.1, 0.15) is 5.69 Å². The van der Waals surface area contributed by atoms with Crippen molar-refractivity contribution in [3.63, 3.8) is 0 Å². The summed E-state index contributed by atoms with van der Waals surface area (Å²) in [6.45, 7) is 0.540. The van der Waals surface area contributed by atoms with E-state index in [1.54, 1.807) is 18.3 Å². The number of nitro groups is 1. The number of hydrogen-bond acceptors (Lipinski definition) is 5. The topological polar surface area (TPSA) is 94.1 Å². The van der Waals surface area contributed by atoms with Gasteiger partial charge in [0.25, 0.3) is 5.69 Å². The molecule has 6 heteroatoms. The van der Waals surface area contributed by atoms with Crippen LogP contribution >= 0.6 is 0 Å². The predicted octanol–water partition coefficient (Wildman–Crippen LogP) is 2.18. The monoisotopic (exact) mass is 244 g/mol. The van der Waals surface area contributed by atoms with Crippen LogP contribution in [0.15, 0.2) is 42.6 Å². The molecule has 1 heterocycles. The van der Waals surface area contributed by atoms with E-state index in [0.717, 1.165) is 11.4 Å². The summed E-state index contributed by atoms with van der Waals surface area (Å²) >= 11 is 0. The second kappa shape index (κ2) is 5.13. The van der Waals surface area contributed by atoms with Crippen molar-refractivity contribution in [2.75, 3.05) is 11.1 Å². The number of nitro benzene ring substituents is 1. The van der Waals surface area contributed by atoms with Crippen LogP contribution in [0, 0.1) is 10.1 Å². The lowest BCUT2D eigenvalue weighted by Crippen LogP contribution is -2.02. The predicted molar refractivity (Wildman–Crippen MR) is 69.1 cm³/mol. The van der Waals surface area contributed by atoms with Crippen molar-refractivity contribution in [1.82, 2.24) is 4.98 Å². The van der Waals surface area contributed by atoms with Gasteiger partial charge in [0, 0.05) is 18.0 Å². The molecule has 0 spiro atoms. The Kier molecular flexibility index (Phi) is 3.38. The number of anilines is 2. The summed E-state index contributed by atoms with van der Waals surface area (Å²) in [6, 6.07) is 10.2. The molecule has 0 amide bonds. The minimum absolute atomic E-state index is 0.0848. The fraction of sp³-hybridized carbons (Fsp3) is 0.0833. The lowest BCUT2D eigenvalue weighted by atomic mass is 10.2. The third-order valence-electron chi connectivity index (χ3n) is 2.42. The molecule has 2 rings (SSSR count). The number of nitrogens with one attached hydrogen (secondary N) is 1. The van der Waals surface area contributed by atoms with E-state index in [-0.39, 0.29) is 11.4 Å². The Hall–Kier alpha value is -2.63. The highest BCUT2D eigenvalue weighted by molar-refractivity contribution is 5.65. The fourth-order valence-electron chi connectivity index (χ4n) is 1.53. The third kappa shape index (κ3) is 2.73. The SMILES string of the molecule is Nc1cc(NCc2ccccn2)ccc1[N+](=O)[O-]. The van der Waals surface area contributed by atoms with Gasteiger partial charge in [-0.3, -0.25) is 15.1 Å². The van der Waals surface area contributed by atoms with Gasteiger partial charge in [-0.15, -0.1) is 0 Å². The minimum Gasteiger partial charge on any atom is -0.393 e.